The summed E-state index contributed by atoms with van der Waals surface area (Å²) in [7, 11) is 1.45. The third-order valence-electron chi connectivity index (χ3n) is 5.97. The highest BCUT2D eigenvalue weighted by Gasteiger charge is 2.60. The third kappa shape index (κ3) is 2.07. The van der Waals surface area contributed by atoms with E-state index in [2.05, 4.69) is 30.8 Å². The van der Waals surface area contributed by atoms with Crippen LogP contribution in [0.1, 0.15) is 52.9 Å². The minimum atomic E-state index is -0.101. The van der Waals surface area contributed by atoms with Gasteiger partial charge in [0.2, 0.25) is 0 Å². The normalized spacial score (nSPS) is 36.9. The van der Waals surface area contributed by atoms with Gasteiger partial charge < -0.3 is 10.1 Å². The average Bonchev–Trinajstić information content (AvgIpc) is 2.67. The number of carbonyl (C=O) groups excluding carboxylic acids is 1. The summed E-state index contributed by atoms with van der Waals surface area (Å²) >= 11 is 0. The predicted octanol–water partition coefficient (Wildman–Crippen LogP) is 2.74. The molecule has 2 saturated carbocycles. The Hall–Kier alpha value is -0.570. The molecule has 1 N–H and O–H groups in total. The van der Waals surface area contributed by atoms with E-state index < -0.39 is 0 Å². The molecule has 18 heavy (non-hydrogen) atoms. The van der Waals surface area contributed by atoms with Gasteiger partial charge in [-0.15, -0.1) is 0 Å². The smallest absolute Gasteiger partial charge is 0.305 e. The Morgan fingerprint density at radius 2 is 2.11 bits per heavy atom. The Labute approximate surface area is 111 Å². The molecule has 3 nitrogen and oxygen atoms in total. The number of methoxy groups -OCH3 is 1. The second kappa shape index (κ2) is 4.84. The van der Waals surface area contributed by atoms with Crippen LogP contribution in [0.5, 0.6) is 0 Å². The Morgan fingerprint density at radius 3 is 2.61 bits per heavy atom. The van der Waals surface area contributed by atoms with Crippen molar-refractivity contribution in [1.29, 1.82) is 0 Å². The first-order chi connectivity index (χ1) is 8.41. The number of nitrogens with one attached hydrogen (secondary N) is 1. The van der Waals surface area contributed by atoms with Gasteiger partial charge in [0.05, 0.1) is 7.11 Å². The summed E-state index contributed by atoms with van der Waals surface area (Å²) in [5.41, 5.74) is 0.899. The van der Waals surface area contributed by atoms with Crippen molar-refractivity contribution < 1.29 is 9.53 Å². The van der Waals surface area contributed by atoms with Crippen LogP contribution in [-0.4, -0.2) is 25.7 Å². The lowest BCUT2D eigenvalue weighted by Gasteiger charge is -2.39. The van der Waals surface area contributed by atoms with E-state index in [0.29, 0.717) is 23.3 Å². The van der Waals surface area contributed by atoms with E-state index in [9.17, 15) is 4.79 Å². The van der Waals surface area contributed by atoms with Crippen LogP contribution < -0.4 is 5.32 Å². The molecule has 0 aromatic heterocycles. The van der Waals surface area contributed by atoms with Crippen LogP contribution >= 0.6 is 0 Å². The number of ether oxygens (including phenoxy) is 1. The molecule has 2 fully saturated rings. The maximum Gasteiger partial charge on any atom is 0.305 e. The summed E-state index contributed by atoms with van der Waals surface area (Å²) in [5.74, 6) is 0.775. The lowest BCUT2D eigenvalue weighted by atomic mass is 9.69. The van der Waals surface area contributed by atoms with Gasteiger partial charge in [0.1, 0.15) is 0 Å². The van der Waals surface area contributed by atoms with Crippen molar-refractivity contribution in [3.63, 3.8) is 0 Å². The zero-order chi connectivity index (χ0) is 13.4. The quantitative estimate of drug-likeness (QED) is 0.605. The Kier molecular flexibility index (Phi) is 3.72. The van der Waals surface area contributed by atoms with Crippen molar-refractivity contribution in [3.05, 3.63) is 0 Å². The van der Waals surface area contributed by atoms with Crippen LogP contribution in [-0.2, 0) is 9.53 Å². The zero-order valence-corrected chi connectivity index (χ0v) is 12.2. The van der Waals surface area contributed by atoms with Crippen LogP contribution in [0.4, 0.5) is 0 Å². The van der Waals surface area contributed by atoms with E-state index in [1.807, 2.05) is 0 Å². The lowest BCUT2D eigenvalue weighted by molar-refractivity contribution is -0.140. The molecular formula is C15H27NO2. The molecule has 0 aromatic rings. The fourth-order valence-corrected chi connectivity index (χ4v) is 4.12. The topological polar surface area (TPSA) is 38.3 Å². The third-order valence-corrected chi connectivity index (χ3v) is 5.97. The van der Waals surface area contributed by atoms with Crippen molar-refractivity contribution in [2.24, 2.45) is 16.7 Å². The summed E-state index contributed by atoms with van der Waals surface area (Å²) in [6, 6.07) is 0.629. The molecule has 3 heteroatoms. The van der Waals surface area contributed by atoms with Gasteiger partial charge in [0.25, 0.3) is 0 Å². The van der Waals surface area contributed by atoms with E-state index in [1.165, 1.54) is 26.4 Å². The lowest BCUT2D eigenvalue weighted by Crippen LogP contribution is -2.44. The molecular weight excluding hydrogens is 226 g/mol. The maximum absolute atomic E-state index is 11.1. The molecule has 2 aliphatic carbocycles. The second-order valence-electron chi connectivity index (χ2n) is 6.80. The number of carbonyl (C=O) groups is 1. The number of fused-ring (bicyclic) bond motifs is 2. The van der Waals surface area contributed by atoms with Crippen LogP contribution in [0, 0.1) is 16.7 Å². The van der Waals surface area contributed by atoms with Gasteiger partial charge in [-0.25, -0.2) is 0 Å². The van der Waals surface area contributed by atoms with Crippen LogP contribution in [0.2, 0.25) is 0 Å². The van der Waals surface area contributed by atoms with Gasteiger partial charge in [-0.2, -0.15) is 0 Å². The SMILES string of the molecule is COC(=O)CCCNC1CC2CCC1(C)C2(C)C. The Balaban J connectivity index is 1.80. The molecule has 0 aliphatic heterocycles. The van der Waals surface area contributed by atoms with Crippen LogP contribution in [0.3, 0.4) is 0 Å². The first kappa shape index (κ1) is 13.9. The van der Waals surface area contributed by atoms with Gasteiger partial charge in [-0.3, -0.25) is 4.79 Å². The number of rotatable bonds is 5. The molecule has 0 saturated heterocycles. The average molecular weight is 253 g/mol. The van der Waals surface area contributed by atoms with Gasteiger partial charge in [-0.05, 0) is 49.0 Å². The van der Waals surface area contributed by atoms with Crippen molar-refractivity contribution in [1.82, 2.24) is 5.32 Å². The first-order valence-electron chi connectivity index (χ1n) is 7.22. The molecule has 0 heterocycles. The molecule has 2 bridgehead atoms. The zero-order valence-electron chi connectivity index (χ0n) is 12.2. The summed E-state index contributed by atoms with van der Waals surface area (Å²) in [5, 5.41) is 3.68. The van der Waals surface area contributed by atoms with Gasteiger partial charge in [-0.1, -0.05) is 20.8 Å². The molecule has 0 amide bonds. The van der Waals surface area contributed by atoms with Crippen molar-refractivity contribution in [3.8, 4) is 0 Å². The van der Waals surface area contributed by atoms with Crippen molar-refractivity contribution >= 4 is 5.97 Å². The molecule has 0 aromatic carbocycles. The molecule has 2 aliphatic rings. The second-order valence-corrected chi connectivity index (χ2v) is 6.80. The summed E-state index contributed by atoms with van der Waals surface area (Å²) in [6.45, 7) is 8.23. The van der Waals surface area contributed by atoms with Crippen molar-refractivity contribution in [2.45, 2.75) is 58.9 Å². The molecule has 0 spiro atoms. The van der Waals surface area contributed by atoms with Gasteiger partial charge >= 0.3 is 5.97 Å². The highest BCUT2D eigenvalue weighted by molar-refractivity contribution is 5.69. The molecule has 0 radical (unpaired) electrons. The molecule has 3 unspecified atom stereocenters. The van der Waals surface area contributed by atoms with Crippen LogP contribution in [0.15, 0.2) is 0 Å². The minimum absolute atomic E-state index is 0.101. The standard InChI is InChI=1S/C15H27NO2/c1-14(2)11-7-8-15(14,3)12(10-11)16-9-5-6-13(17)18-4/h11-12,16H,5-10H2,1-4H3. The Bertz CT molecular complexity index is 326. The fourth-order valence-electron chi connectivity index (χ4n) is 4.12. The molecule has 3 atom stereocenters. The van der Waals surface area contributed by atoms with Gasteiger partial charge in [0, 0.05) is 12.5 Å². The van der Waals surface area contributed by atoms with Gasteiger partial charge in [0.15, 0.2) is 0 Å². The summed E-state index contributed by atoms with van der Waals surface area (Å²) < 4.78 is 4.66. The van der Waals surface area contributed by atoms with E-state index in [-0.39, 0.29) is 5.97 Å². The molecule has 104 valence electrons. The largest absolute Gasteiger partial charge is 0.469 e. The monoisotopic (exact) mass is 253 g/mol. The highest BCUT2D eigenvalue weighted by Crippen LogP contribution is 2.65. The first-order valence-corrected chi connectivity index (χ1v) is 7.22. The Morgan fingerprint density at radius 1 is 1.39 bits per heavy atom. The summed E-state index contributed by atoms with van der Waals surface area (Å²) in [6.07, 6.45) is 5.45. The van der Waals surface area contributed by atoms with E-state index >= 15 is 0 Å². The molecule has 2 rings (SSSR count). The summed E-state index contributed by atoms with van der Waals surface area (Å²) in [4.78, 5) is 11.1. The van der Waals surface area contributed by atoms with E-state index in [0.717, 1.165) is 18.9 Å². The number of esters is 1. The van der Waals surface area contributed by atoms with Crippen molar-refractivity contribution in [2.75, 3.05) is 13.7 Å². The van der Waals surface area contributed by atoms with E-state index in [1.54, 1.807) is 0 Å². The highest BCUT2D eigenvalue weighted by atomic mass is 16.5. The minimum Gasteiger partial charge on any atom is -0.469 e. The maximum atomic E-state index is 11.1. The number of hydrogen-bond donors (Lipinski definition) is 1. The number of hydrogen-bond acceptors (Lipinski definition) is 3. The van der Waals surface area contributed by atoms with E-state index in [4.69, 9.17) is 0 Å². The van der Waals surface area contributed by atoms with Crippen LogP contribution in [0.25, 0.3) is 0 Å². The predicted molar refractivity (Wildman–Crippen MR) is 72.3 cm³/mol. The fraction of sp³-hybridized carbons (Fsp3) is 0.933.